The summed E-state index contributed by atoms with van der Waals surface area (Å²) in [6.07, 6.45) is 0. The molecule has 7 aromatic carbocycles. The summed E-state index contributed by atoms with van der Waals surface area (Å²) < 4.78 is 2.29. The smallest absolute Gasteiger partial charge is 0.235 e. The molecule has 10 rings (SSSR count). The second-order valence-electron chi connectivity index (χ2n) is 11.8. The van der Waals surface area contributed by atoms with Crippen molar-refractivity contribution in [3.8, 4) is 50.6 Å². The number of aromatic nitrogens is 3. The summed E-state index contributed by atoms with van der Waals surface area (Å²) in [5.74, 6) is 0.677. The summed E-state index contributed by atoms with van der Waals surface area (Å²) in [4.78, 5) is 10.7. The van der Waals surface area contributed by atoms with Gasteiger partial charge in [-0.15, -0.1) is 0 Å². The monoisotopic (exact) mass is 571 g/mol. The largest absolute Gasteiger partial charge is 0.277 e. The van der Waals surface area contributed by atoms with Crippen molar-refractivity contribution in [2.24, 2.45) is 0 Å². The average molecular weight is 572 g/mol. The third kappa shape index (κ3) is 3.46. The van der Waals surface area contributed by atoms with Crippen molar-refractivity contribution in [1.29, 1.82) is 0 Å². The van der Waals surface area contributed by atoms with Gasteiger partial charge in [0.05, 0.1) is 22.2 Å². The van der Waals surface area contributed by atoms with Crippen LogP contribution in [0.1, 0.15) is 0 Å². The molecule has 0 fully saturated rings. The molecule has 208 valence electrons. The summed E-state index contributed by atoms with van der Waals surface area (Å²) in [7, 11) is 0. The molecule has 0 radical (unpaired) electrons. The Morgan fingerprint density at radius 2 is 1.04 bits per heavy atom. The normalized spacial score (nSPS) is 12.0. The molecule has 3 nitrogen and oxygen atoms in total. The van der Waals surface area contributed by atoms with Gasteiger partial charge in [0, 0.05) is 27.1 Å². The molecule has 0 amide bonds. The van der Waals surface area contributed by atoms with Crippen LogP contribution in [-0.4, -0.2) is 14.5 Å². The molecule has 3 heteroatoms. The molecule has 0 aliphatic heterocycles. The number of benzene rings is 7. The minimum Gasteiger partial charge on any atom is -0.277 e. The van der Waals surface area contributed by atoms with E-state index in [4.69, 9.17) is 9.97 Å². The lowest BCUT2D eigenvalue weighted by atomic mass is 9.99. The van der Waals surface area contributed by atoms with Crippen LogP contribution in [0.3, 0.4) is 0 Å². The van der Waals surface area contributed by atoms with Crippen LogP contribution in [0.4, 0.5) is 0 Å². The standard InChI is InChI=1S/C42H25N3/c1-2-12-26(13-3-1)27-14-10-15-28(24-27)40-33-19-6-8-22-37(33)43-42(44-40)45-38-23-9-7-18-31(38)36-25-35-30-17-5-4-16-29(30)32-20-11-21-34(39(32)35)41(36)45/h1-25H. The topological polar surface area (TPSA) is 30.7 Å². The van der Waals surface area contributed by atoms with E-state index in [1.54, 1.807) is 0 Å². The van der Waals surface area contributed by atoms with E-state index in [1.807, 2.05) is 0 Å². The van der Waals surface area contributed by atoms with Crippen molar-refractivity contribution in [3.05, 3.63) is 152 Å². The molecule has 0 atom stereocenters. The zero-order valence-electron chi connectivity index (χ0n) is 24.3. The molecule has 0 saturated heterocycles. The molecule has 9 aromatic rings. The van der Waals surface area contributed by atoms with Crippen molar-refractivity contribution in [2.45, 2.75) is 0 Å². The highest BCUT2D eigenvalue weighted by Crippen LogP contribution is 2.50. The molecule has 2 aromatic heterocycles. The first-order chi connectivity index (χ1) is 22.3. The van der Waals surface area contributed by atoms with E-state index in [2.05, 4.69) is 156 Å². The number of nitrogens with zero attached hydrogens (tertiary/aromatic N) is 3. The number of hydrogen-bond donors (Lipinski definition) is 0. The van der Waals surface area contributed by atoms with Gasteiger partial charge in [-0.3, -0.25) is 4.57 Å². The van der Waals surface area contributed by atoms with E-state index in [0.717, 1.165) is 33.2 Å². The molecule has 2 heterocycles. The lowest BCUT2D eigenvalue weighted by Crippen LogP contribution is -2.04. The first-order valence-corrected chi connectivity index (χ1v) is 15.4. The van der Waals surface area contributed by atoms with Crippen LogP contribution in [0.25, 0.3) is 94.1 Å². The molecule has 0 unspecified atom stereocenters. The summed E-state index contributed by atoms with van der Waals surface area (Å²) in [6.45, 7) is 0. The molecule has 0 spiro atoms. The van der Waals surface area contributed by atoms with Gasteiger partial charge in [-0.1, -0.05) is 127 Å². The average Bonchev–Trinajstić information content (AvgIpc) is 3.62. The van der Waals surface area contributed by atoms with E-state index >= 15 is 0 Å². The maximum absolute atomic E-state index is 5.41. The van der Waals surface area contributed by atoms with Crippen molar-refractivity contribution in [1.82, 2.24) is 14.5 Å². The van der Waals surface area contributed by atoms with Crippen LogP contribution in [0, 0.1) is 0 Å². The Hall–Kier alpha value is -6.06. The summed E-state index contributed by atoms with van der Waals surface area (Å²) in [5, 5.41) is 5.97. The van der Waals surface area contributed by atoms with Crippen LogP contribution in [0.15, 0.2) is 152 Å². The van der Waals surface area contributed by atoms with Crippen LogP contribution in [-0.2, 0) is 0 Å². The Bertz CT molecular complexity index is 2650. The summed E-state index contributed by atoms with van der Waals surface area (Å²) >= 11 is 0. The van der Waals surface area contributed by atoms with Gasteiger partial charge in [0.1, 0.15) is 0 Å². The van der Waals surface area contributed by atoms with Gasteiger partial charge < -0.3 is 0 Å². The molecular formula is C42H25N3. The van der Waals surface area contributed by atoms with Crippen molar-refractivity contribution >= 4 is 43.5 Å². The molecule has 1 aliphatic rings. The van der Waals surface area contributed by atoms with Crippen molar-refractivity contribution in [3.63, 3.8) is 0 Å². The third-order valence-electron chi connectivity index (χ3n) is 9.33. The fraction of sp³-hybridized carbons (Fsp3) is 0. The van der Waals surface area contributed by atoms with Gasteiger partial charge in [0.15, 0.2) is 0 Å². The molecule has 0 bridgehead atoms. The van der Waals surface area contributed by atoms with Crippen LogP contribution >= 0.6 is 0 Å². The number of hydrogen-bond acceptors (Lipinski definition) is 2. The Kier molecular flexibility index (Phi) is 5.00. The fourth-order valence-corrected chi connectivity index (χ4v) is 7.39. The summed E-state index contributed by atoms with van der Waals surface area (Å²) in [6, 6.07) is 54.1. The Labute approximate surface area is 259 Å². The number of fused-ring (bicyclic) bond motifs is 8. The zero-order chi connectivity index (χ0) is 29.5. The fourth-order valence-electron chi connectivity index (χ4n) is 7.39. The highest BCUT2D eigenvalue weighted by Gasteiger charge is 2.26. The van der Waals surface area contributed by atoms with E-state index in [-0.39, 0.29) is 0 Å². The molecule has 0 saturated carbocycles. The quantitative estimate of drug-likeness (QED) is 0.211. The Morgan fingerprint density at radius 3 is 1.93 bits per heavy atom. The minimum absolute atomic E-state index is 0.677. The van der Waals surface area contributed by atoms with Crippen LogP contribution < -0.4 is 0 Å². The SMILES string of the molecule is c1ccc(-c2cccc(-c3nc(-n4c5ccccc5c5cc6c7c(cccc7c54)-c4ccccc4-6)nc4ccccc34)c2)cc1. The summed E-state index contributed by atoms with van der Waals surface area (Å²) in [5.41, 5.74) is 12.7. The van der Waals surface area contributed by atoms with Gasteiger partial charge in [-0.05, 0) is 63.0 Å². The molecule has 0 N–H and O–H groups in total. The van der Waals surface area contributed by atoms with Crippen molar-refractivity contribution < 1.29 is 0 Å². The van der Waals surface area contributed by atoms with Crippen molar-refractivity contribution in [2.75, 3.05) is 0 Å². The number of rotatable bonds is 3. The predicted octanol–water partition coefficient (Wildman–Crippen LogP) is 10.9. The minimum atomic E-state index is 0.677. The second-order valence-corrected chi connectivity index (χ2v) is 11.8. The lowest BCUT2D eigenvalue weighted by Gasteiger charge is -2.14. The molecule has 1 aliphatic carbocycles. The van der Waals surface area contributed by atoms with E-state index < -0.39 is 0 Å². The highest BCUT2D eigenvalue weighted by atomic mass is 15.2. The molecular weight excluding hydrogens is 546 g/mol. The zero-order valence-corrected chi connectivity index (χ0v) is 24.3. The first kappa shape index (κ1) is 24.4. The Balaban J connectivity index is 1.31. The van der Waals surface area contributed by atoms with Gasteiger partial charge in [-0.2, -0.15) is 0 Å². The van der Waals surface area contributed by atoms with Gasteiger partial charge in [-0.25, -0.2) is 9.97 Å². The molecule has 45 heavy (non-hydrogen) atoms. The van der Waals surface area contributed by atoms with Gasteiger partial charge in [0.25, 0.3) is 0 Å². The maximum atomic E-state index is 5.41. The third-order valence-corrected chi connectivity index (χ3v) is 9.33. The van der Waals surface area contributed by atoms with Gasteiger partial charge in [0.2, 0.25) is 5.95 Å². The van der Waals surface area contributed by atoms with Crippen LogP contribution in [0.2, 0.25) is 0 Å². The highest BCUT2D eigenvalue weighted by molar-refractivity contribution is 6.27. The van der Waals surface area contributed by atoms with E-state index in [0.29, 0.717) is 5.95 Å². The van der Waals surface area contributed by atoms with Crippen LogP contribution in [0.5, 0.6) is 0 Å². The predicted molar refractivity (Wildman–Crippen MR) is 187 cm³/mol. The van der Waals surface area contributed by atoms with E-state index in [9.17, 15) is 0 Å². The van der Waals surface area contributed by atoms with E-state index in [1.165, 1.54) is 54.9 Å². The first-order valence-electron chi connectivity index (χ1n) is 15.4. The second kappa shape index (κ2) is 9.22. The lowest BCUT2D eigenvalue weighted by molar-refractivity contribution is 1.02. The number of para-hydroxylation sites is 2. The van der Waals surface area contributed by atoms with Gasteiger partial charge >= 0.3 is 0 Å². The maximum Gasteiger partial charge on any atom is 0.235 e. The Morgan fingerprint density at radius 1 is 0.400 bits per heavy atom.